The molecule has 2 aliphatic heterocycles. The van der Waals surface area contributed by atoms with E-state index in [-0.39, 0.29) is 12.6 Å². The zero-order valence-electron chi connectivity index (χ0n) is 15.0. The van der Waals surface area contributed by atoms with Crippen LogP contribution in [0.1, 0.15) is 39.5 Å². The topological polar surface area (TPSA) is 62.0 Å². The largest absolute Gasteiger partial charge is 0.371 e. The molecule has 3 aliphatic rings. The van der Waals surface area contributed by atoms with Crippen LogP contribution in [0.15, 0.2) is 0 Å². The minimum absolute atomic E-state index is 0.135. The molecule has 0 radical (unpaired) electrons. The highest BCUT2D eigenvalue weighted by atomic mass is 16.7. The lowest BCUT2D eigenvalue weighted by Crippen LogP contribution is -2.26. The molecule has 3 fully saturated rings. The Balaban J connectivity index is 1.18. The molecule has 0 aromatic carbocycles. The first-order valence-electron chi connectivity index (χ1n) is 9.38. The van der Waals surface area contributed by atoms with E-state index in [0.29, 0.717) is 37.3 Å². The SMILES string of the molecule is CC(OCC1CCC(COC(C)OCC2CO2)CC1)OCC1CO1. The van der Waals surface area contributed by atoms with Crippen molar-refractivity contribution in [3.63, 3.8) is 0 Å². The molecule has 3 rings (SSSR count). The van der Waals surface area contributed by atoms with Crippen molar-refractivity contribution in [2.75, 3.05) is 39.6 Å². The molecule has 2 heterocycles. The Labute approximate surface area is 145 Å². The van der Waals surface area contributed by atoms with Crippen molar-refractivity contribution in [1.82, 2.24) is 0 Å². The summed E-state index contributed by atoms with van der Waals surface area (Å²) in [5.41, 5.74) is 0. The van der Waals surface area contributed by atoms with Crippen LogP contribution in [0.4, 0.5) is 0 Å². The Morgan fingerprint density at radius 2 is 1.00 bits per heavy atom. The number of epoxide rings is 2. The van der Waals surface area contributed by atoms with E-state index >= 15 is 0 Å². The Hall–Kier alpha value is -0.240. The van der Waals surface area contributed by atoms with Crippen molar-refractivity contribution in [3.05, 3.63) is 0 Å². The average Bonchev–Trinajstić information content (AvgIpc) is 3.49. The standard InChI is InChI=1S/C18H32O6/c1-13(21-9-17-11-23-17)19-7-15-3-5-16(6-4-15)8-20-14(2)22-10-18-12-24-18/h13-18H,3-12H2,1-2H3. The van der Waals surface area contributed by atoms with Crippen LogP contribution >= 0.6 is 0 Å². The Bertz CT molecular complexity index is 315. The zero-order chi connectivity index (χ0) is 16.8. The molecule has 6 nitrogen and oxygen atoms in total. The fraction of sp³-hybridized carbons (Fsp3) is 1.00. The summed E-state index contributed by atoms with van der Waals surface area (Å²) in [6, 6.07) is 0. The van der Waals surface area contributed by atoms with Gasteiger partial charge in [-0.3, -0.25) is 0 Å². The van der Waals surface area contributed by atoms with Gasteiger partial charge in [0.05, 0.1) is 39.6 Å². The van der Waals surface area contributed by atoms with E-state index in [0.717, 1.165) is 26.4 Å². The Morgan fingerprint density at radius 3 is 1.33 bits per heavy atom. The van der Waals surface area contributed by atoms with Crippen molar-refractivity contribution in [2.45, 2.75) is 64.3 Å². The van der Waals surface area contributed by atoms with Gasteiger partial charge < -0.3 is 28.4 Å². The van der Waals surface area contributed by atoms with E-state index in [1.807, 2.05) is 13.8 Å². The summed E-state index contributed by atoms with van der Waals surface area (Å²) < 4.78 is 33.1. The third kappa shape index (κ3) is 7.33. The minimum Gasteiger partial charge on any atom is -0.371 e. The first-order chi connectivity index (χ1) is 11.7. The first kappa shape index (κ1) is 18.5. The lowest BCUT2D eigenvalue weighted by atomic mass is 9.83. The van der Waals surface area contributed by atoms with E-state index < -0.39 is 0 Å². The van der Waals surface area contributed by atoms with E-state index in [9.17, 15) is 0 Å². The monoisotopic (exact) mass is 344 g/mol. The predicted octanol–water partition coefficient (Wildman–Crippen LogP) is 2.35. The van der Waals surface area contributed by atoms with Gasteiger partial charge in [0.1, 0.15) is 12.2 Å². The van der Waals surface area contributed by atoms with Gasteiger partial charge >= 0.3 is 0 Å². The highest BCUT2D eigenvalue weighted by molar-refractivity contribution is 4.73. The van der Waals surface area contributed by atoms with Crippen LogP contribution in [0, 0.1) is 11.8 Å². The Kier molecular flexibility index (Phi) is 7.31. The molecule has 0 aromatic rings. The molecule has 140 valence electrons. The molecular weight excluding hydrogens is 312 g/mol. The lowest BCUT2D eigenvalue weighted by Gasteiger charge is -2.29. The highest BCUT2D eigenvalue weighted by Gasteiger charge is 2.26. The molecule has 6 heteroatoms. The van der Waals surface area contributed by atoms with Crippen molar-refractivity contribution in [3.8, 4) is 0 Å². The Morgan fingerprint density at radius 1 is 0.667 bits per heavy atom. The summed E-state index contributed by atoms with van der Waals surface area (Å²) in [6.45, 7) is 8.48. The smallest absolute Gasteiger partial charge is 0.154 e. The molecule has 4 unspecified atom stereocenters. The molecule has 1 saturated carbocycles. The third-order valence-corrected chi connectivity index (χ3v) is 4.94. The summed E-state index contributed by atoms with van der Waals surface area (Å²) in [5, 5.41) is 0. The molecular formula is C18H32O6. The molecule has 0 N–H and O–H groups in total. The van der Waals surface area contributed by atoms with Crippen LogP contribution in [-0.2, 0) is 28.4 Å². The van der Waals surface area contributed by atoms with Crippen LogP contribution < -0.4 is 0 Å². The molecule has 0 amide bonds. The summed E-state index contributed by atoms with van der Waals surface area (Å²) >= 11 is 0. The summed E-state index contributed by atoms with van der Waals surface area (Å²) in [5.74, 6) is 1.29. The van der Waals surface area contributed by atoms with Gasteiger partial charge in [0, 0.05) is 0 Å². The van der Waals surface area contributed by atoms with E-state index in [1.54, 1.807) is 0 Å². The van der Waals surface area contributed by atoms with Gasteiger partial charge in [0.2, 0.25) is 0 Å². The van der Waals surface area contributed by atoms with Crippen molar-refractivity contribution < 1.29 is 28.4 Å². The van der Waals surface area contributed by atoms with E-state index in [4.69, 9.17) is 28.4 Å². The van der Waals surface area contributed by atoms with E-state index in [2.05, 4.69) is 0 Å². The fourth-order valence-corrected chi connectivity index (χ4v) is 3.02. The summed E-state index contributed by atoms with van der Waals surface area (Å²) in [7, 11) is 0. The molecule has 24 heavy (non-hydrogen) atoms. The third-order valence-electron chi connectivity index (χ3n) is 4.94. The maximum Gasteiger partial charge on any atom is 0.154 e. The molecule has 1 aliphatic carbocycles. The molecule has 4 atom stereocenters. The zero-order valence-corrected chi connectivity index (χ0v) is 15.0. The molecule has 0 spiro atoms. The first-order valence-corrected chi connectivity index (χ1v) is 9.38. The van der Waals surface area contributed by atoms with Gasteiger partial charge in [-0.1, -0.05) is 0 Å². The van der Waals surface area contributed by atoms with Crippen molar-refractivity contribution in [1.29, 1.82) is 0 Å². The van der Waals surface area contributed by atoms with E-state index in [1.165, 1.54) is 25.7 Å². The van der Waals surface area contributed by atoms with Crippen LogP contribution in [-0.4, -0.2) is 64.4 Å². The van der Waals surface area contributed by atoms with Crippen molar-refractivity contribution >= 4 is 0 Å². The quantitative estimate of drug-likeness (QED) is 0.400. The van der Waals surface area contributed by atoms with Crippen LogP contribution in [0.25, 0.3) is 0 Å². The lowest BCUT2D eigenvalue weighted by molar-refractivity contribution is -0.150. The summed E-state index contributed by atoms with van der Waals surface area (Å²) in [6.07, 6.45) is 5.15. The molecule has 2 saturated heterocycles. The van der Waals surface area contributed by atoms with Crippen LogP contribution in [0.3, 0.4) is 0 Å². The second-order valence-electron chi connectivity index (χ2n) is 7.27. The molecule has 0 bridgehead atoms. The second-order valence-corrected chi connectivity index (χ2v) is 7.27. The van der Waals surface area contributed by atoms with Gasteiger partial charge in [-0.25, -0.2) is 0 Å². The predicted molar refractivity (Wildman–Crippen MR) is 87.7 cm³/mol. The fourth-order valence-electron chi connectivity index (χ4n) is 3.02. The number of ether oxygens (including phenoxy) is 6. The van der Waals surface area contributed by atoms with Gasteiger partial charge in [-0.2, -0.15) is 0 Å². The van der Waals surface area contributed by atoms with Gasteiger partial charge in [0.15, 0.2) is 12.6 Å². The van der Waals surface area contributed by atoms with Gasteiger partial charge in [-0.15, -0.1) is 0 Å². The minimum atomic E-state index is -0.135. The summed E-state index contributed by atoms with van der Waals surface area (Å²) in [4.78, 5) is 0. The van der Waals surface area contributed by atoms with Crippen LogP contribution in [0.2, 0.25) is 0 Å². The normalized spacial score (nSPS) is 34.8. The maximum atomic E-state index is 5.81. The molecule has 0 aromatic heterocycles. The average molecular weight is 344 g/mol. The van der Waals surface area contributed by atoms with Gasteiger partial charge in [-0.05, 0) is 51.4 Å². The number of hydrogen-bond acceptors (Lipinski definition) is 6. The maximum absolute atomic E-state index is 5.81. The van der Waals surface area contributed by atoms with Crippen LogP contribution in [0.5, 0.6) is 0 Å². The van der Waals surface area contributed by atoms with Crippen molar-refractivity contribution in [2.24, 2.45) is 11.8 Å². The number of rotatable bonds is 12. The van der Waals surface area contributed by atoms with Gasteiger partial charge in [0.25, 0.3) is 0 Å². The second kappa shape index (κ2) is 9.46. The highest BCUT2D eigenvalue weighted by Crippen LogP contribution is 2.29. The number of hydrogen-bond donors (Lipinski definition) is 0.